The van der Waals surface area contributed by atoms with Crippen molar-refractivity contribution in [3.63, 3.8) is 0 Å². The Morgan fingerprint density at radius 1 is 0.351 bits per heavy atom. The second kappa shape index (κ2) is 11.0. The number of hydrogen-bond acceptors (Lipinski definition) is 4. The van der Waals surface area contributed by atoms with E-state index in [0.717, 1.165) is 0 Å². The number of nitrogens with zero attached hydrogens (tertiary/aromatic N) is 4. The molecule has 4 aromatic carbocycles. The highest BCUT2D eigenvalue weighted by Gasteiger charge is 2.52. The lowest BCUT2D eigenvalue weighted by molar-refractivity contribution is 0.475. The Morgan fingerprint density at radius 3 is 0.730 bits per heavy atom. The lowest BCUT2D eigenvalue weighted by Gasteiger charge is -1.85. The topological polar surface area (TPSA) is 98.4 Å². The van der Waals surface area contributed by atoms with Crippen LogP contribution >= 0.6 is 0 Å². The maximum atomic E-state index is 9.58. The lowest BCUT2D eigenvalue weighted by atomic mass is 9.96. The number of aromatic hydroxyl groups is 4. The maximum Gasteiger partial charge on any atom is 0.491 e. The van der Waals surface area contributed by atoms with E-state index >= 15 is 0 Å². The zero-order valence-electron chi connectivity index (χ0n) is 19.3. The van der Waals surface area contributed by atoms with Crippen molar-refractivity contribution in [1.82, 2.24) is 0 Å². The minimum atomic E-state index is -1.62. The van der Waals surface area contributed by atoms with Gasteiger partial charge in [0.25, 0.3) is 0 Å². The van der Waals surface area contributed by atoms with Crippen LogP contribution in [0.3, 0.4) is 0 Å². The number of hydrogen-bond donors (Lipinski definition) is 4. The van der Waals surface area contributed by atoms with Gasteiger partial charge in [-0.15, -0.1) is 0 Å². The smallest absolute Gasteiger partial charge is 0.491 e. The molecule has 0 spiro atoms. The van der Waals surface area contributed by atoms with Crippen molar-refractivity contribution in [3.8, 4) is 47.3 Å². The molecule has 0 aliphatic heterocycles. The van der Waals surface area contributed by atoms with Gasteiger partial charge in [-0.05, 0) is 67.9 Å². The summed E-state index contributed by atoms with van der Waals surface area (Å²) in [5.41, 5.74) is 0.293. The SMILES string of the molecule is Oc1ccc([N+]#CC(C#[N+]c2ccc(O)cc2)(C#[N+]c2ccc(O)cc2)C#[N+]c2ccc(O)cc2)cc1. The van der Waals surface area contributed by atoms with Crippen LogP contribution in [-0.4, -0.2) is 20.4 Å². The number of phenols is 4. The third kappa shape index (κ3) is 7.01. The average molecular weight is 489 g/mol. The standard InChI is InChI=1S/C29H16N4O4/c34-25-9-1-21(2-10-25)30-17-29(18-31-22-3-11-26(35)12-4-22,19-32-23-5-13-27(36)14-6-23)20-33-24-7-15-28(37)16-8-24/h1-16H/p+4. The molecule has 4 rings (SSSR count). The first kappa shape index (κ1) is 24.2. The average Bonchev–Trinajstić information content (AvgIpc) is 2.91. The van der Waals surface area contributed by atoms with E-state index in [9.17, 15) is 20.4 Å². The summed E-state index contributed by atoms with van der Waals surface area (Å²) in [7, 11) is 0. The summed E-state index contributed by atoms with van der Waals surface area (Å²) in [6.07, 6.45) is 0. The highest BCUT2D eigenvalue weighted by Crippen LogP contribution is 2.26. The zero-order chi connectivity index (χ0) is 26.1. The summed E-state index contributed by atoms with van der Waals surface area (Å²) in [5.74, 6) is 0.358. The summed E-state index contributed by atoms with van der Waals surface area (Å²) < 4.78 is 0. The third-order valence-electron chi connectivity index (χ3n) is 4.81. The summed E-state index contributed by atoms with van der Waals surface area (Å²) >= 11 is 0. The molecule has 37 heavy (non-hydrogen) atoms. The summed E-state index contributed by atoms with van der Waals surface area (Å²) in [6.45, 7) is 0. The van der Waals surface area contributed by atoms with Crippen molar-refractivity contribution in [2.75, 3.05) is 0 Å². The largest absolute Gasteiger partial charge is 0.508 e. The van der Waals surface area contributed by atoms with Gasteiger partial charge in [0.1, 0.15) is 23.0 Å². The molecule has 0 atom stereocenters. The van der Waals surface area contributed by atoms with Gasteiger partial charge in [0.05, 0.1) is 0 Å². The molecule has 0 heterocycles. The Labute approximate surface area is 212 Å². The van der Waals surface area contributed by atoms with E-state index < -0.39 is 5.41 Å². The molecule has 4 N–H and O–H groups in total. The van der Waals surface area contributed by atoms with Gasteiger partial charge >= 0.3 is 52.4 Å². The predicted molar refractivity (Wildman–Crippen MR) is 142 cm³/mol. The van der Waals surface area contributed by atoms with Gasteiger partial charge in [-0.3, -0.25) is 0 Å². The monoisotopic (exact) mass is 488 g/mol. The molecule has 0 bridgehead atoms. The Balaban J connectivity index is 1.89. The fraction of sp³-hybridized carbons (Fsp3) is 0.0345. The molecular weight excluding hydrogens is 468 g/mol. The normalized spacial score (nSPS) is 9.73. The van der Waals surface area contributed by atoms with Gasteiger partial charge in [0, 0.05) is 48.5 Å². The Morgan fingerprint density at radius 2 is 0.541 bits per heavy atom. The summed E-state index contributed by atoms with van der Waals surface area (Å²) in [6, 6.07) is 36.2. The van der Waals surface area contributed by atoms with E-state index in [1.807, 2.05) is 0 Å². The van der Waals surface area contributed by atoms with Gasteiger partial charge in [-0.25, -0.2) is 0 Å². The molecule has 0 unspecified atom stereocenters. The van der Waals surface area contributed by atoms with Crippen LogP contribution in [0.2, 0.25) is 0 Å². The van der Waals surface area contributed by atoms with Gasteiger partial charge in [0.2, 0.25) is 0 Å². The lowest BCUT2D eigenvalue weighted by Crippen LogP contribution is -2.09. The zero-order valence-corrected chi connectivity index (χ0v) is 19.3. The molecule has 0 amide bonds. The van der Waals surface area contributed by atoms with Crippen LogP contribution in [0, 0.1) is 29.7 Å². The number of rotatable bonds is 0. The summed E-state index contributed by atoms with van der Waals surface area (Å²) in [5, 5.41) is 38.3. The van der Waals surface area contributed by atoms with Crippen LogP contribution in [0.5, 0.6) is 23.0 Å². The molecule has 8 heteroatoms. The molecule has 0 saturated heterocycles. The molecule has 176 valence electrons. The molecule has 0 saturated carbocycles. The van der Waals surface area contributed by atoms with Gasteiger partial charge < -0.3 is 20.4 Å². The molecule has 0 aromatic heterocycles. The van der Waals surface area contributed by atoms with E-state index in [2.05, 4.69) is 43.7 Å². The van der Waals surface area contributed by atoms with Crippen molar-refractivity contribution in [1.29, 1.82) is 0 Å². The van der Waals surface area contributed by atoms with E-state index in [1.165, 1.54) is 48.5 Å². The van der Waals surface area contributed by atoms with Crippen LogP contribution in [0.25, 0.3) is 19.4 Å². The van der Waals surface area contributed by atoms with E-state index in [-0.39, 0.29) is 23.0 Å². The molecule has 4 aromatic rings. The van der Waals surface area contributed by atoms with Crippen molar-refractivity contribution in [2.24, 2.45) is 5.41 Å². The second-order valence-corrected chi connectivity index (χ2v) is 7.71. The fourth-order valence-electron chi connectivity index (χ4n) is 2.85. The van der Waals surface area contributed by atoms with Crippen molar-refractivity contribution in [3.05, 3.63) is 116 Å². The van der Waals surface area contributed by atoms with Crippen LogP contribution in [0.4, 0.5) is 22.7 Å². The van der Waals surface area contributed by atoms with Crippen molar-refractivity contribution < 1.29 is 20.4 Å². The molecule has 0 aliphatic carbocycles. The first-order valence-corrected chi connectivity index (χ1v) is 11.0. The highest BCUT2D eigenvalue weighted by atomic mass is 16.3. The first-order valence-electron chi connectivity index (χ1n) is 11.0. The summed E-state index contributed by atoms with van der Waals surface area (Å²) in [4.78, 5) is 17.4. The van der Waals surface area contributed by atoms with Gasteiger partial charge in [-0.2, -0.15) is 0 Å². The minimum absolute atomic E-state index is 0.0894. The Kier molecular flexibility index (Phi) is 7.17. The second-order valence-electron chi connectivity index (χ2n) is 7.71. The fourth-order valence-corrected chi connectivity index (χ4v) is 2.85. The Hall–Kier alpha value is -5.96. The van der Waals surface area contributed by atoms with Crippen LogP contribution in [-0.2, 0) is 0 Å². The number of benzene rings is 4. The molecule has 8 nitrogen and oxygen atoms in total. The van der Waals surface area contributed by atoms with Crippen molar-refractivity contribution in [2.45, 2.75) is 0 Å². The van der Waals surface area contributed by atoms with Gasteiger partial charge in [-0.1, -0.05) is 0 Å². The maximum absolute atomic E-state index is 9.58. The quantitative estimate of drug-likeness (QED) is 0.207. The number of phenolic OH excluding ortho intramolecular Hbond substituents is 4. The molecule has 0 fully saturated rings. The van der Waals surface area contributed by atoms with E-state index in [0.29, 0.717) is 22.7 Å². The predicted octanol–water partition coefficient (Wildman–Crippen LogP) is 7.45. The highest BCUT2D eigenvalue weighted by molar-refractivity contribution is 5.59. The van der Waals surface area contributed by atoms with Crippen LogP contribution in [0.15, 0.2) is 97.1 Å². The van der Waals surface area contributed by atoms with E-state index in [1.54, 1.807) is 48.5 Å². The van der Waals surface area contributed by atoms with Crippen LogP contribution in [0.1, 0.15) is 0 Å². The molecule has 0 radical (unpaired) electrons. The Bertz CT molecular complexity index is 1390. The van der Waals surface area contributed by atoms with Gasteiger partial charge in [0.15, 0.2) is 0 Å². The third-order valence-corrected chi connectivity index (χ3v) is 4.81. The minimum Gasteiger partial charge on any atom is -0.508 e. The molecule has 0 aliphatic rings. The van der Waals surface area contributed by atoms with E-state index in [4.69, 9.17) is 0 Å². The molecular formula is C29H20N4O4+4. The first-order chi connectivity index (χ1) is 17.9. The van der Waals surface area contributed by atoms with Crippen LogP contribution < -0.4 is 0 Å². The van der Waals surface area contributed by atoms with Crippen molar-refractivity contribution >= 4 is 22.7 Å².